The van der Waals surface area contributed by atoms with Gasteiger partial charge in [0.2, 0.25) is 0 Å². The van der Waals surface area contributed by atoms with Crippen molar-refractivity contribution in [3.05, 3.63) is 50.6 Å². The van der Waals surface area contributed by atoms with E-state index in [4.69, 9.17) is 5.11 Å². The second-order valence-corrected chi connectivity index (χ2v) is 4.26. The first-order valence-electron chi connectivity index (χ1n) is 4.89. The maximum Gasteiger partial charge on any atom is 0.335 e. The molecule has 0 amide bonds. The zero-order chi connectivity index (χ0) is 12.3. The van der Waals surface area contributed by atoms with E-state index in [0.29, 0.717) is 12.2 Å². The molecule has 1 aromatic heterocycles. The number of H-pyrrole nitrogens is 1. The minimum Gasteiger partial charge on any atom is -0.478 e. The number of carboxylic acids is 1. The van der Waals surface area contributed by atoms with Crippen molar-refractivity contribution in [1.29, 1.82) is 0 Å². The molecule has 5 nitrogen and oxygen atoms in total. The fraction of sp³-hybridized carbons (Fsp3) is 0.0909. The van der Waals surface area contributed by atoms with Crippen molar-refractivity contribution in [2.45, 2.75) is 6.54 Å². The summed E-state index contributed by atoms with van der Waals surface area (Å²) in [5.74, 6) is -0.961. The topological polar surface area (TPSA) is 82.2 Å². The van der Waals surface area contributed by atoms with Gasteiger partial charge in [0.1, 0.15) is 0 Å². The summed E-state index contributed by atoms with van der Waals surface area (Å²) in [4.78, 5) is 24.2. The standard InChI is InChI=1S/C11H10N2O3S/c14-10(15)7-2-1-3-8(4-7)12-5-9-6-17-11(16)13-9/h1-4,6,12H,5H2,(H,13,16)(H,14,15). The Morgan fingerprint density at radius 1 is 1.47 bits per heavy atom. The fourth-order valence-electron chi connectivity index (χ4n) is 1.36. The minimum atomic E-state index is -0.961. The van der Waals surface area contributed by atoms with E-state index in [1.54, 1.807) is 23.6 Å². The van der Waals surface area contributed by atoms with Crippen molar-refractivity contribution < 1.29 is 9.90 Å². The lowest BCUT2D eigenvalue weighted by Crippen LogP contribution is -2.04. The van der Waals surface area contributed by atoms with Gasteiger partial charge in [0.25, 0.3) is 0 Å². The number of nitrogens with one attached hydrogen (secondary N) is 2. The molecular formula is C11H10N2O3S. The SMILES string of the molecule is O=C(O)c1cccc(NCc2csc(=O)[nH]2)c1. The normalized spacial score (nSPS) is 10.1. The Labute approximate surface area is 101 Å². The second kappa shape index (κ2) is 4.84. The van der Waals surface area contributed by atoms with E-state index in [9.17, 15) is 9.59 Å². The predicted octanol–water partition coefficient (Wildman–Crippen LogP) is 1.75. The third-order valence-electron chi connectivity index (χ3n) is 2.16. The van der Waals surface area contributed by atoms with Crippen LogP contribution in [0.5, 0.6) is 0 Å². The molecule has 2 aromatic rings. The van der Waals surface area contributed by atoms with Crippen LogP contribution < -0.4 is 10.2 Å². The summed E-state index contributed by atoms with van der Waals surface area (Å²) in [5, 5.41) is 13.6. The molecule has 0 spiro atoms. The average molecular weight is 250 g/mol. The number of anilines is 1. The van der Waals surface area contributed by atoms with Crippen LogP contribution in [0.3, 0.4) is 0 Å². The summed E-state index contributed by atoms with van der Waals surface area (Å²) in [6.45, 7) is 0.460. The highest BCUT2D eigenvalue weighted by molar-refractivity contribution is 7.07. The van der Waals surface area contributed by atoms with Gasteiger partial charge in [-0.2, -0.15) is 0 Å². The third kappa shape index (κ3) is 2.94. The van der Waals surface area contributed by atoms with Crippen LogP contribution in [0.1, 0.15) is 16.1 Å². The molecule has 0 bridgehead atoms. The van der Waals surface area contributed by atoms with Crippen LogP contribution in [0.4, 0.5) is 5.69 Å². The first-order valence-corrected chi connectivity index (χ1v) is 5.77. The van der Waals surface area contributed by atoms with E-state index >= 15 is 0 Å². The summed E-state index contributed by atoms with van der Waals surface area (Å²) in [6.07, 6.45) is 0. The molecule has 0 saturated heterocycles. The highest BCUT2D eigenvalue weighted by Crippen LogP contribution is 2.11. The maximum absolute atomic E-state index is 10.9. The number of aromatic carboxylic acids is 1. The number of benzene rings is 1. The Morgan fingerprint density at radius 3 is 2.94 bits per heavy atom. The molecule has 88 valence electrons. The van der Waals surface area contributed by atoms with Crippen molar-refractivity contribution in [2.24, 2.45) is 0 Å². The molecule has 0 unspecified atom stereocenters. The Bertz CT molecular complexity index is 588. The van der Waals surface area contributed by atoms with E-state index in [2.05, 4.69) is 10.3 Å². The lowest BCUT2D eigenvalue weighted by molar-refractivity contribution is 0.0697. The first-order chi connectivity index (χ1) is 8.15. The Kier molecular flexibility index (Phi) is 3.24. The number of carboxylic acid groups (broad SMARTS) is 1. The molecule has 6 heteroatoms. The minimum absolute atomic E-state index is 0.0962. The average Bonchev–Trinajstić information content (AvgIpc) is 2.73. The van der Waals surface area contributed by atoms with E-state index in [1.165, 1.54) is 6.07 Å². The molecule has 17 heavy (non-hydrogen) atoms. The summed E-state index contributed by atoms with van der Waals surface area (Å²) < 4.78 is 0. The highest BCUT2D eigenvalue weighted by atomic mass is 32.1. The number of rotatable bonds is 4. The van der Waals surface area contributed by atoms with Gasteiger partial charge in [-0.3, -0.25) is 4.79 Å². The van der Waals surface area contributed by atoms with Crippen LogP contribution in [0.15, 0.2) is 34.4 Å². The largest absolute Gasteiger partial charge is 0.478 e. The van der Waals surface area contributed by atoms with Crippen molar-refractivity contribution in [3.63, 3.8) is 0 Å². The number of hydrogen-bond donors (Lipinski definition) is 3. The van der Waals surface area contributed by atoms with E-state index in [1.807, 2.05) is 0 Å². The van der Waals surface area contributed by atoms with Crippen LogP contribution in [-0.4, -0.2) is 16.1 Å². The van der Waals surface area contributed by atoms with Gasteiger partial charge in [0.05, 0.1) is 12.1 Å². The number of aromatic amines is 1. The highest BCUT2D eigenvalue weighted by Gasteiger charge is 2.03. The molecule has 1 aromatic carbocycles. The zero-order valence-electron chi connectivity index (χ0n) is 8.77. The van der Waals surface area contributed by atoms with Crippen molar-refractivity contribution in [1.82, 2.24) is 4.98 Å². The molecule has 0 fully saturated rings. The molecule has 0 aliphatic heterocycles. The van der Waals surface area contributed by atoms with Gasteiger partial charge in [-0.25, -0.2) is 4.79 Å². The molecular weight excluding hydrogens is 240 g/mol. The van der Waals surface area contributed by atoms with Gasteiger partial charge < -0.3 is 15.4 Å². The van der Waals surface area contributed by atoms with Crippen LogP contribution in [-0.2, 0) is 6.54 Å². The molecule has 2 rings (SSSR count). The van der Waals surface area contributed by atoms with Gasteiger partial charge in [0, 0.05) is 16.8 Å². The van der Waals surface area contributed by atoms with Crippen LogP contribution in [0.2, 0.25) is 0 Å². The predicted molar refractivity (Wildman–Crippen MR) is 65.7 cm³/mol. The Hall–Kier alpha value is -2.08. The van der Waals surface area contributed by atoms with E-state index in [0.717, 1.165) is 17.0 Å². The van der Waals surface area contributed by atoms with Gasteiger partial charge >= 0.3 is 10.8 Å². The number of carbonyl (C=O) groups is 1. The van der Waals surface area contributed by atoms with Crippen molar-refractivity contribution >= 4 is 23.0 Å². The van der Waals surface area contributed by atoms with E-state index in [-0.39, 0.29) is 10.4 Å². The second-order valence-electron chi connectivity index (χ2n) is 3.41. The summed E-state index contributed by atoms with van der Waals surface area (Å²) >= 11 is 1.10. The molecule has 1 heterocycles. The monoisotopic (exact) mass is 250 g/mol. The third-order valence-corrected chi connectivity index (χ3v) is 2.88. The smallest absolute Gasteiger partial charge is 0.335 e. The Balaban J connectivity index is 2.06. The molecule has 0 saturated carbocycles. The Morgan fingerprint density at radius 2 is 2.29 bits per heavy atom. The van der Waals surface area contributed by atoms with Crippen molar-refractivity contribution in [3.8, 4) is 0 Å². The lowest BCUT2D eigenvalue weighted by Gasteiger charge is -2.05. The molecule has 0 atom stereocenters. The summed E-state index contributed by atoms with van der Waals surface area (Å²) in [5.41, 5.74) is 1.71. The number of aromatic nitrogens is 1. The zero-order valence-corrected chi connectivity index (χ0v) is 9.58. The number of hydrogen-bond acceptors (Lipinski definition) is 4. The maximum atomic E-state index is 10.9. The molecule has 0 radical (unpaired) electrons. The lowest BCUT2D eigenvalue weighted by atomic mass is 10.2. The van der Waals surface area contributed by atoms with Gasteiger partial charge in [-0.1, -0.05) is 17.4 Å². The summed E-state index contributed by atoms with van der Waals surface area (Å²) in [6, 6.07) is 6.52. The van der Waals surface area contributed by atoms with Crippen molar-refractivity contribution in [2.75, 3.05) is 5.32 Å². The van der Waals surface area contributed by atoms with Crippen LogP contribution in [0.25, 0.3) is 0 Å². The molecule has 0 aliphatic rings. The van der Waals surface area contributed by atoms with Crippen LogP contribution >= 0.6 is 11.3 Å². The van der Waals surface area contributed by atoms with Gasteiger partial charge in [-0.05, 0) is 18.2 Å². The fourth-order valence-corrected chi connectivity index (χ4v) is 1.94. The van der Waals surface area contributed by atoms with Crippen LogP contribution in [0, 0.1) is 0 Å². The quantitative estimate of drug-likeness (QED) is 0.772. The van der Waals surface area contributed by atoms with Gasteiger partial charge in [-0.15, -0.1) is 0 Å². The molecule has 0 aliphatic carbocycles. The summed E-state index contributed by atoms with van der Waals surface area (Å²) in [7, 11) is 0. The molecule has 3 N–H and O–H groups in total. The first kappa shape index (κ1) is 11.4. The van der Waals surface area contributed by atoms with Gasteiger partial charge in [0.15, 0.2) is 0 Å². The van der Waals surface area contributed by atoms with E-state index < -0.39 is 5.97 Å². The number of thiazole rings is 1.